The van der Waals surface area contributed by atoms with Gasteiger partial charge in [0.1, 0.15) is 0 Å². The highest BCUT2D eigenvalue weighted by molar-refractivity contribution is 7.89. The molecule has 0 aromatic heterocycles. The summed E-state index contributed by atoms with van der Waals surface area (Å²) in [6.07, 6.45) is 4.93. The average Bonchev–Trinajstić information content (AvgIpc) is 3.45. The second-order valence-corrected chi connectivity index (χ2v) is 10.6. The molecule has 2 fully saturated rings. The zero-order valence-corrected chi connectivity index (χ0v) is 18.8. The van der Waals surface area contributed by atoms with Crippen LogP contribution in [0.4, 0.5) is 11.4 Å². The summed E-state index contributed by atoms with van der Waals surface area (Å²) >= 11 is 0. The van der Waals surface area contributed by atoms with Gasteiger partial charge >= 0.3 is 0 Å². The van der Waals surface area contributed by atoms with E-state index in [9.17, 15) is 18.0 Å². The second kappa shape index (κ2) is 8.33. The molecular formula is C24H27N3O4S. The summed E-state index contributed by atoms with van der Waals surface area (Å²) in [7, 11) is -3.49. The molecule has 32 heavy (non-hydrogen) atoms. The van der Waals surface area contributed by atoms with Gasteiger partial charge in [-0.1, -0.05) is 6.42 Å². The van der Waals surface area contributed by atoms with Gasteiger partial charge < -0.3 is 9.80 Å². The van der Waals surface area contributed by atoms with Crippen LogP contribution < -0.4 is 9.80 Å². The first-order valence-electron chi connectivity index (χ1n) is 11.3. The van der Waals surface area contributed by atoms with E-state index in [-0.39, 0.29) is 11.8 Å². The predicted molar refractivity (Wildman–Crippen MR) is 122 cm³/mol. The maximum Gasteiger partial charge on any atom is 0.258 e. The van der Waals surface area contributed by atoms with E-state index in [2.05, 4.69) is 0 Å². The van der Waals surface area contributed by atoms with Crippen molar-refractivity contribution in [3.8, 4) is 0 Å². The minimum Gasteiger partial charge on any atom is -0.312 e. The maximum atomic E-state index is 13.2. The summed E-state index contributed by atoms with van der Waals surface area (Å²) in [5.74, 6) is 0.00235. The number of carbonyl (C=O) groups excluding carboxylic acids is 2. The third-order valence-electron chi connectivity index (χ3n) is 6.64. The van der Waals surface area contributed by atoms with E-state index in [1.165, 1.54) is 0 Å². The lowest BCUT2D eigenvalue weighted by atomic mass is 10.1. The molecule has 7 nitrogen and oxygen atoms in total. The lowest BCUT2D eigenvalue weighted by Gasteiger charge is -2.26. The maximum absolute atomic E-state index is 13.2. The van der Waals surface area contributed by atoms with Crippen molar-refractivity contribution in [1.82, 2.24) is 4.31 Å². The van der Waals surface area contributed by atoms with Gasteiger partial charge in [-0.15, -0.1) is 0 Å². The number of rotatable bonds is 4. The number of hydrogen-bond acceptors (Lipinski definition) is 4. The molecule has 0 saturated carbocycles. The highest BCUT2D eigenvalue weighted by Crippen LogP contribution is 2.33. The Morgan fingerprint density at radius 1 is 0.812 bits per heavy atom. The molecule has 0 spiro atoms. The van der Waals surface area contributed by atoms with E-state index in [0.29, 0.717) is 49.5 Å². The molecule has 3 aliphatic heterocycles. The molecular weight excluding hydrogens is 426 g/mol. The van der Waals surface area contributed by atoms with E-state index in [1.807, 2.05) is 12.1 Å². The molecule has 2 aromatic carbocycles. The number of benzene rings is 2. The van der Waals surface area contributed by atoms with Crippen LogP contribution in [-0.4, -0.2) is 50.7 Å². The fourth-order valence-electron chi connectivity index (χ4n) is 4.86. The first-order valence-corrected chi connectivity index (χ1v) is 12.7. The first-order chi connectivity index (χ1) is 15.4. The number of sulfonamides is 1. The number of anilines is 2. The van der Waals surface area contributed by atoms with E-state index < -0.39 is 10.0 Å². The Kier molecular flexibility index (Phi) is 5.51. The van der Waals surface area contributed by atoms with Gasteiger partial charge in [-0.25, -0.2) is 8.42 Å². The number of amides is 2. The van der Waals surface area contributed by atoms with Crippen LogP contribution in [0, 0.1) is 0 Å². The summed E-state index contributed by atoms with van der Waals surface area (Å²) in [6.45, 7) is 2.38. The average molecular weight is 454 g/mol. The highest BCUT2D eigenvalue weighted by Gasteiger charge is 2.30. The fraction of sp³-hybridized carbons (Fsp3) is 0.417. The Balaban J connectivity index is 1.35. The monoisotopic (exact) mass is 453 g/mol. The molecule has 0 bridgehead atoms. The van der Waals surface area contributed by atoms with Crippen LogP contribution in [0.25, 0.3) is 0 Å². The topological polar surface area (TPSA) is 78.0 Å². The van der Waals surface area contributed by atoms with Gasteiger partial charge in [0.2, 0.25) is 15.9 Å². The summed E-state index contributed by atoms with van der Waals surface area (Å²) in [5, 5.41) is 0. The molecule has 2 amide bonds. The van der Waals surface area contributed by atoms with Gasteiger partial charge in [0, 0.05) is 49.5 Å². The standard InChI is InChI=1S/C24H27N3O4S/c28-23-5-4-15-26(23)20-8-6-18(7-9-20)24(29)27-16-12-19-17-21(10-11-22(19)27)32(30,31)25-13-2-1-3-14-25/h6-11,17H,1-5,12-16H2. The van der Waals surface area contributed by atoms with Crippen LogP contribution in [0.5, 0.6) is 0 Å². The van der Waals surface area contributed by atoms with Crippen molar-refractivity contribution in [2.45, 2.75) is 43.4 Å². The molecule has 2 aromatic rings. The molecule has 168 valence electrons. The van der Waals surface area contributed by atoms with Crippen LogP contribution in [0.2, 0.25) is 0 Å². The van der Waals surface area contributed by atoms with Crippen molar-refractivity contribution in [3.05, 3.63) is 53.6 Å². The van der Waals surface area contributed by atoms with Crippen molar-refractivity contribution >= 4 is 33.2 Å². The Morgan fingerprint density at radius 2 is 1.56 bits per heavy atom. The third-order valence-corrected chi connectivity index (χ3v) is 8.54. The Hall–Kier alpha value is -2.71. The van der Waals surface area contributed by atoms with Crippen LogP contribution in [0.3, 0.4) is 0 Å². The summed E-state index contributed by atoms with van der Waals surface area (Å²) < 4.78 is 27.6. The molecule has 0 aliphatic carbocycles. The van der Waals surface area contributed by atoms with E-state index in [0.717, 1.165) is 42.6 Å². The molecule has 2 saturated heterocycles. The van der Waals surface area contributed by atoms with Crippen LogP contribution >= 0.6 is 0 Å². The lowest BCUT2D eigenvalue weighted by molar-refractivity contribution is -0.117. The number of fused-ring (bicyclic) bond motifs is 1. The van der Waals surface area contributed by atoms with Crippen molar-refractivity contribution in [2.24, 2.45) is 0 Å². The van der Waals surface area contributed by atoms with Gasteiger partial charge in [-0.05, 0) is 73.7 Å². The summed E-state index contributed by atoms with van der Waals surface area (Å²) in [5.41, 5.74) is 3.03. The first kappa shape index (κ1) is 21.2. The van der Waals surface area contributed by atoms with Gasteiger partial charge in [0.25, 0.3) is 5.91 Å². The van der Waals surface area contributed by atoms with Crippen molar-refractivity contribution in [3.63, 3.8) is 0 Å². The van der Waals surface area contributed by atoms with E-state index in [1.54, 1.807) is 44.4 Å². The molecule has 0 unspecified atom stereocenters. The van der Waals surface area contributed by atoms with Crippen LogP contribution in [0.15, 0.2) is 47.4 Å². The summed E-state index contributed by atoms with van der Waals surface area (Å²) in [6, 6.07) is 12.3. The highest BCUT2D eigenvalue weighted by atomic mass is 32.2. The Bertz CT molecular complexity index is 1150. The quantitative estimate of drug-likeness (QED) is 0.712. The number of piperidine rings is 1. The molecule has 8 heteroatoms. The predicted octanol–water partition coefficient (Wildman–Crippen LogP) is 3.19. The number of nitrogens with zero attached hydrogens (tertiary/aromatic N) is 3. The molecule has 0 N–H and O–H groups in total. The smallest absolute Gasteiger partial charge is 0.258 e. The molecule has 3 aliphatic rings. The third kappa shape index (κ3) is 3.71. The van der Waals surface area contributed by atoms with Gasteiger partial charge in [0.15, 0.2) is 0 Å². The lowest BCUT2D eigenvalue weighted by Crippen LogP contribution is -2.35. The van der Waals surface area contributed by atoms with Gasteiger partial charge in [-0.3, -0.25) is 9.59 Å². The van der Waals surface area contributed by atoms with Gasteiger partial charge in [-0.2, -0.15) is 4.31 Å². The van der Waals surface area contributed by atoms with Crippen molar-refractivity contribution in [1.29, 1.82) is 0 Å². The van der Waals surface area contributed by atoms with E-state index in [4.69, 9.17) is 0 Å². The SMILES string of the molecule is O=C1CCCN1c1ccc(C(=O)N2CCc3cc(S(=O)(=O)N4CCCCC4)ccc32)cc1. The van der Waals surface area contributed by atoms with Crippen molar-refractivity contribution < 1.29 is 18.0 Å². The Labute approximate surface area is 188 Å². The van der Waals surface area contributed by atoms with Crippen LogP contribution in [0.1, 0.15) is 48.0 Å². The Morgan fingerprint density at radius 3 is 2.25 bits per heavy atom. The number of carbonyl (C=O) groups is 2. The molecule has 5 rings (SSSR count). The minimum atomic E-state index is -3.49. The molecule has 0 atom stereocenters. The second-order valence-electron chi connectivity index (χ2n) is 8.66. The van der Waals surface area contributed by atoms with Crippen LogP contribution in [-0.2, 0) is 21.2 Å². The molecule has 3 heterocycles. The van der Waals surface area contributed by atoms with Gasteiger partial charge in [0.05, 0.1) is 4.90 Å². The zero-order valence-electron chi connectivity index (χ0n) is 18.0. The van der Waals surface area contributed by atoms with E-state index >= 15 is 0 Å². The summed E-state index contributed by atoms with van der Waals surface area (Å²) in [4.78, 5) is 28.9. The molecule has 0 radical (unpaired) electrons. The normalized spacial score (nSPS) is 19.4. The largest absolute Gasteiger partial charge is 0.312 e. The minimum absolute atomic E-state index is 0.116. The fourth-order valence-corrected chi connectivity index (χ4v) is 6.43. The number of hydrogen-bond donors (Lipinski definition) is 0. The zero-order chi connectivity index (χ0) is 22.3. The van der Waals surface area contributed by atoms with Crippen molar-refractivity contribution in [2.75, 3.05) is 36.0 Å².